The van der Waals surface area contributed by atoms with Crippen LogP contribution in [0.25, 0.3) is 0 Å². The van der Waals surface area contributed by atoms with Crippen LogP contribution in [0.15, 0.2) is 66.7 Å². The highest BCUT2D eigenvalue weighted by atomic mass is 32.2. The molecule has 46 heavy (non-hydrogen) atoms. The van der Waals surface area contributed by atoms with E-state index in [0.717, 1.165) is 16.7 Å². The Morgan fingerprint density at radius 1 is 1.00 bits per heavy atom. The van der Waals surface area contributed by atoms with Crippen molar-refractivity contribution in [3.05, 3.63) is 94.5 Å². The Balaban J connectivity index is 1.40. The fraction of sp³-hybridized carbons (Fsp3) is 0.333. The second kappa shape index (κ2) is 14.1. The maximum Gasteiger partial charge on any atom is 0.323 e. The van der Waals surface area contributed by atoms with Crippen LogP contribution in [0, 0.1) is 6.92 Å². The summed E-state index contributed by atoms with van der Waals surface area (Å²) in [5.41, 5.74) is 3.53. The summed E-state index contributed by atoms with van der Waals surface area (Å²) in [4.78, 5) is 52.3. The fourth-order valence-corrected chi connectivity index (χ4v) is 6.50. The number of carboxylic acid groups (broad SMARTS) is 1. The largest absolute Gasteiger partial charge is 0.480 e. The standard InChI is InChI=1S/C33H39N5O7S/c1-5-6-17-46(44,45)37-28(31(41)42)19-34-29(39)22-11-12-23-20-38(30(40)26(23)18-22)33(3,4)24-13-15-25(16-14-24)35-32(43)36-27-10-8-7-9-21(27)2/h7-16,18,28,37H,5-6,17,19-20H2,1-4H3,(H,34,39)(H,41,42)(H2,35,36,43). The second-order valence-electron chi connectivity index (χ2n) is 11.7. The van der Waals surface area contributed by atoms with Crippen LogP contribution in [-0.2, 0) is 26.9 Å². The number of benzene rings is 3. The zero-order chi connectivity index (χ0) is 33.6. The van der Waals surface area contributed by atoms with Crippen LogP contribution >= 0.6 is 0 Å². The third-order valence-corrected chi connectivity index (χ3v) is 9.42. The van der Waals surface area contributed by atoms with Crippen molar-refractivity contribution in [2.45, 2.75) is 58.7 Å². The van der Waals surface area contributed by atoms with E-state index in [1.54, 1.807) is 29.2 Å². The number of sulfonamides is 1. The summed E-state index contributed by atoms with van der Waals surface area (Å²) in [6, 6.07) is 17.4. The predicted octanol–water partition coefficient (Wildman–Crippen LogP) is 4.43. The van der Waals surface area contributed by atoms with Crippen LogP contribution in [0.2, 0.25) is 0 Å². The average molecular weight is 650 g/mol. The second-order valence-corrected chi connectivity index (χ2v) is 13.6. The number of aryl methyl sites for hydroxylation is 1. The lowest BCUT2D eigenvalue weighted by Crippen LogP contribution is -2.49. The lowest BCUT2D eigenvalue weighted by molar-refractivity contribution is -0.138. The Bertz CT molecular complexity index is 1740. The quantitative estimate of drug-likeness (QED) is 0.182. The maximum absolute atomic E-state index is 13.6. The van der Waals surface area contributed by atoms with Crippen molar-refractivity contribution in [1.82, 2.24) is 14.9 Å². The summed E-state index contributed by atoms with van der Waals surface area (Å²) >= 11 is 0. The van der Waals surface area contributed by atoms with Gasteiger partial charge in [-0.2, -0.15) is 4.72 Å². The SMILES string of the molecule is CCCCS(=O)(=O)NC(CNC(=O)c1ccc2c(c1)C(=O)N(C(C)(C)c1ccc(NC(=O)Nc3ccccc3C)cc1)C2)C(=O)O. The normalized spacial score (nSPS) is 13.6. The molecule has 13 heteroatoms. The van der Waals surface area contributed by atoms with Crippen molar-refractivity contribution in [1.29, 1.82) is 0 Å². The van der Waals surface area contributed by atoms with E-state index in [9.17, 15) is 32.7 Å². The Kier molecular flexibility index (Phi) is 10.5. The molecule has 1 aliphatic heterocycles. The summed E-state index contributed by atoms with van der Waals surface area (Å²) in [6.45, 7) is 7.38. The van der Waals surface area contributed by atoms with Crippen LogP contribution in [-0.4, -0.2) is 60.6 Å². The van der Waals surface area contributed by atoms with E-state index in [-0.39, 0.29) is 23.3 Å². The molecule has 5 N–H and O–H groups in total. The number of aliphatic carboxylic acids is 1. The molecule has 12 nitrogen and oxygen atoms in total. The van der Waals surface area contributed by atoms with Gasteiger partial charge in [0.2, 0.25) is 10.0 Å². The van der Waals surface area contributed by atoms with Gasteiger partial charge in [-0.15, -0.1) is 0 Å². The first-order valence-electron chi connectivity index (χ1n) is 14.9. The zero-order valence-corrected chi connectivity index (χ0v) is 27.0. The summed E-state index contributed by atoms with van der Waals surface area (Å²) in [5, 5.41) is 17.6. The molecule has 244 valence electrons. The van der Waals surface area contributed by atoms with Gasteiger partial charge in [0.05, 0.1) is 11.3 Å². The Labute approximate surface area is 268 Å². The smallest absolute Gasteiger partial charge is 0.323 e. The molecule has 1 unspecified atom stereocenters. The molecule has 4 rings (SSSR count). The van der Waals surface area contributed by atoms with Gasteiger partial charge in [0.25, 0.3) is 11.8 Å². The van der Waals surface area contributed by atoms with E-state index in [1.165, 1.54) is 6.07 Å². The van der Waals surface area contributed by atoms with Crippen molar-refractivity contribution in [3.63, 3.8) is 0 Å². The molecule has 0 saturated carbocycles. The fourth-order valence-electron chi connectivity index (χ4n) is 5.10. The number of hydrogen-bond donors (Lipinski definition) is 5. The molecule has 0 spiro atoms. The van der Waals surface area contributed by atoms with Gasteiger partial charge in [-0.1, -0.05) is 49.7 Å². The molecular formula is C33H39N5O7S. The Hall–Kier alpha value is -4.75. The topological polar surface area (TPSA) is 174 Å². The number of carboxylic acids is 1. The number of urea groups is 1. The highest BCUT2D eigenvalue weighted by Crippen LogP contribution is 2.36. The predicted molar refractivity (Wildman–Crippen MR) is 175 cm³/mol. The maximum atomic E-state index is 13.6. The first-order valence-corrected chi connectivity index (χ1v) is 16.6. The highest BCUT2D eigenvalue weighted by molar-refractivity contribution is 7.89. The molecule has 1 atom stereocenters. The number of hydrogen-bond acceptors (Lipinski definition) is 6. The van der Waals surface area contributed by atoms with E-state index in [2.05, 4.69) is 20.7 Å². The number of nitrogens with zero attached hydrogens (tertiary/aromatic N) is 1. The number of nitrogens with one attached hydrogen (secondary N) is 4. The van der Waals surface area contributed by atoms with Gasteiger partial charge in [-0.05, 0) is 74.2 Å². The third kappa shape index (κ3) is 8.09. The van der Waals surface area contributed by atoms with E-state index in [4.69, 9.17) is 0 Å². The van der Waals surface area contributed by atoms with Gasteiger partial charge in [0, 0.05) is 35.6 Å². The molecule has 3 aromatic carbocycles. The lowest BCUT2D eigenvalue weighted by Gasteiger charge is -2.36. The number of fused-ring (bicyclic) bond motifs is 1. The molecule has 1 heterocycles. The lowest BCUT2D eigenvalue weighted by atomic mass is 9.92. The molecule has 0 radical (unpaired) electrons. The van der Waals surface area contributed by atoms with Gasteiger partial charge in [0.15, 0.2) is 0 Å². The molecule has 0 fully saturated rings. The van der Waals surface area contributed by atoms with Crippen molar-refractivity contribution >= 4 is 45.2 Å². The molecule has 0 aromatic heterocycles. The first-order chi connectivity index (χ1) is 21.7. The number of amides is 4. The number of carbonyl (C=O) groups is 4. The molecule has 4 amide bonds. The summed E-state index contributed by atoms with van der Waals surface area (Å²) < 4.78 is 26.5. The molecule has 0 saturated heterocycles. The summed E-state index contributed by atoms with van der Waals surface area (Å²) in [5.74, 6) is -2.55. The minimum absolute atomic E-state index is 0.143. The summed E-state index contributed by atoms with van der Waals surface area (Å²) in [7, 11) is -3.83. The van der Waals surface area contributed by atoms with Crippen molar-refractivity contribution in [3.8, 4) is 0 Å². The number of carbonyl (C=O) groups excluding carboxylic acids is 3. The van der Waals surface area contributed by atoms with E-state index >= 15 is 0 Å². The number of unbranched alkanes of at least 4 members (excludes halogenated alkanes) is 1. The minimum atomic E-state index is -3.83. The molecular weight excluding hydrogens is 610 g/mol. The first kappa shape index (κ1) is 34.1. The van der Waals surface area contributed by atoms with Crippen LogP contribution in [0.4, 0.5) is 16.2 Å². The minimum Gasteiger partial charge on any atom is -0.480 e. The molecule has 1 aliphatic rings. The Morgan fingerprint density at radius 2 is 1.70 bits per heavy atom. The van der Waals surface area contributed by atoms with Crippen LogP contribution in [0.1, 0.15) is 71.0 Å². The number of rotatable bonds is 13. The van der Waals surface area contributed by atoms with E-state index in [1.807, 2.05) is 64.1 Å². The average Bonchev–Trinajstić information content (AvgIpc) is 3.35. The van der Waals surface area contributed by atoms with Gasteiger partial charge in [0.1, 0.15) is 6.04 Å². The molecule has 0 bridgehead atoms. The van der Waals surface area contributed by atoms with Crippen LogP contribution in [0.5, 0.6) is 0 Å². The van der Waals surface area contributed by atoms with Crippen molar-refractivity contribution in [2.24, 2.45) is 0 Å². The Morgan fingerprint density at radius 3 is 2.35 bits per heavy atom. The van der Waals surface area contributed by atoms with E-state index in [0.29, 0.717) is 36.3 Å². The highest BCUT2D eigenvalue weighted by Gasteiger charge is 2.39. The van der Waals surface area contributed by atoms with Crippen LogP contribution in [0.3, 0.4) is 0 Å². The number of anilines is 2. The van der Waals surface area contributed by atoms with Crippen LogP contribution < -0.4 is 20.7 Å². The molecule has 3 aromatic rings. The monoisotopic (exact) mass is 649 g/mol. The van der Waals surface area contributed by atoms with Gasteiger partial charge in [-0.3, -0.25) is 14.4 Å². The van der Waals surface area contributed by atoms with Gasteiger partial charge in [-0.25, -0.2) is 13.2 Å². The van der Waals surface area contributed by atoms with Crippen molar-refractivity contribution < 1.29 is 32.7 Å². The van der Waals surface area contributed by atoms with E-state index < -0.39 is 40.0 Å². The zero-order valence-electron chi connectivity index (χ0n) is 26.2. The third-order valence-electron chi connectivity index (χ3n) is 7.95. The van der Waals surface area contributed by atoms with Gasteiger partial charge >= 0.3 is 12.0 Å². The number of para-hydroxylation sites is 1. The summed E-state index contributed by atoms with van der Waals surface area (Å²) in [6.07, 6.45) is 1.00. The van der Waals surface area contributed by atoms with Crippen molar-refractivity contribution in [2.75, 3.05) is 22.9 Å². The molecule has 0 aliphatic carbocycles. The van der Waals surface area contributed by atoms with Gasteiger partial charge < -0.3 is 26.0 Å².